The van der Waals surface area contributed by atoms with E-state index in [0.717, 1.165) is 51.0 Å². The zero-order valence-corrected chi connectivity index (χ0v) is 16.6. The molecule has 2 aromatic rings. The Morgan fingerprint density at radius 3 is 2.41 bits per heavy atom. The van der Waals surface area contributed by atoms with Gasteiger partial charge in [-0.05, 0) is 23.6 Å². The summed E-state index contributed by atoms with van der Waals surface area (Å²) in [6.45, 7) is 5.40. The van der Waals surface area contributed by atoms with Crippen LogP contribution in [0.5, 0.6) is 0 Å². The third kappa shape index (κ3) is 4.33. The second kappa shape index (κ2) is 9.05. The smallest absolute Gasteiger partial charge is 0.127 e. The van der Waals surface area contributed by atoms with Crippen molar-refractivity contribution in [1.29, 1.82) is 0 Å². The van der Waals surface area contributed by atoms with E-state index in [1.54, 1.807) is 0 Å². The quantitative estimate of drug-likeness (QED) is 0.697. The molecule has 1 unspecified atom stereocenters. The fraction of sp³-hybridized carbons (Fsp3) is 0.435. The monoisotopic (exact) mass is 366 g/mol. The topological polar surface area (TPSA) is 32.8 Å². The lowest BCUT2D eigenvalue weighted by molar-refractivity contribution is -0.109. The summed E-state index contributed by atoms with van der Waals surface area (Å²) >= 11 is 0. The number of carbonyl (C=O) groups excluding carboxylic acids is 1. The number of carbonyl (C=O) groups is 1. The number of hydrogen-bond acceptors (Lipinski definition) is 4. The largest absolute Gasteiger partial charge is 0.378 e. The number of anilines is 2. The zero-order chi connectivity index (χ0) is 19.2. The number of benzene rings is 2. The zero-order valence-electron chi connectivity index (χ0n) is 16.6. The van der Waals surface area contributed by atoms with E-state index in [1.165, 1.54) is 22.5 Å². The Kier molecular flexibility index (Phi) is 6.51. The van der Waals surface area contributed by atoms with E-state index in [9.17, 15) is 4.79 Å². The SMILES string of the molecule is CCC(C=O)c1ccc(N2CCOCC2)c(Cc2ccccc2)c1N(C)C. The standard InChI is InChI=1S/C23H30N2O2/c1-4-19(17-26)20-10-11-22(25-12-14-27-15-13-25)21(23(20)24(2)3)16-18-8-6-5-7-9-18/h5-11,17,19H,4,12-16H2,1-3H3. The molecule has 1 atom stereocenters. The number of aldehydes is 1. The molecular formula is C23H30N2O2. The first-order valence-corrected chi connectivity index (χ1v) is 9.80. The molecule has 0 saturated carbocycles. The van der Waals surface area contributed by atoms with Gasteiger partial charge in [0.15, 0.2) is 0 Å². The molecule has 3 rings (SSSR count). The van der Waals surface area contributed by atoms with E-state index in [4.69, 9.17) is 4.74 Å². The summed E-state index contributed by atoms with van der Waals surface area (Å²) in [6, 6.07) is 14.9. The molecule has 2 aromatic carbocycles. The van der Waals surface area contributed by atoms with Gasteiger partial charge in [-0.2, -0.15) is 0 Å². The van der Waals surface area contributed by atoms with Crippen LogP contribution in [0, 0.1) is 0 Å². The molecule has 1 saturated heterocycles. The van der Waals surface area contributed by atoms with Crippen LogP contribution in [0.2, 0.25) is 0 Å². The highest BCUT2D eigenvalue weighted by atomic mass is 16.5. The lowest BCUT2D eigenvalue weighted by Crippen LogP contribution is -2.37. The normalized spacial score (nSPS) is 15.4. The molecule has 144 valence electrons. The molecule has 0 spiro atoms. The summed E-state index contributed by atoms with van der Waals surface area (Å²) in [5.41, 5.74) is 6.15. The van der Waals surface area contributed by atoms with Crippen molar-refractivity contribution in [3.63, 3.8) is 0 Å². The average molecular weight is 367 g/mol. The summed E-state index contributed by atoms with van der Waals surface area (Å²) < 4.78 is 5.56. The molecule has 0 bridgehead atoms. The van der Waals surface area contributed by atoms with Crippen molar-refractivity contribution in [3.8, 4) is 0 Å². The molecule has 0 aliphatic carbocycles. The van der Waals surface area contributed by atoms with Gasteiger partial charge < -0.3 is 19.3 Å². The third-order valence-electron chi connectivity index (χ3n) is 5.32. The van der Waals surface area contributed by atoms with Crippen LogP contribution in [0.4, 0.5) is 11.4 Å². The Morgan fingerprint density at radius 2 is 1.81 bits per heavy atom. The van der Waals surface area contributed by atoms with Crippen molar-refractivity contribution in [2.45, 2.75) is 25.7 Å². The van der Waals surface area contributed by atoms with Gasteiger partial charge in [0.1, 0.15) is 6.29 Å². The average Bonchev–Trinajstić information content (AvgIpc) is 2.70. The molecule has 1 aliphatic rings. The Labute approximate surface area is 162 Å². The summed E-state index contributed by atoms with van der Waals surface area (Å²) in [6.07, 6.45) is 2.75. The van der Waals surface area contributed by atoms with Crippen molar-refractivity contribution in [3.05, 3.63) is 59.2 Å². The van der Waals surface area contributed by atoms with Gasteiger partial charge in [-0.1, -0.05) is 43.3 Å². The molecule has 1 aliphatic heterocycles. The van der Waals surface area contributed by atoms with Gasteiger partial charge in [-0.15, -0.1) is 0 Å². The molecule has 0 aromatic heterocycles. The van der Waals surface area contributed by atoms with Crippen molar-refractivity contribution in [2.24, 2.45) is 0 Å². The number of hydrogen-bond donors (Lipinski definition) is 0. The van der Waals surface area contributed by atoms with Crippen LogP contribution in [0.25, 0.3) is 0 Å². The van der Waals surface area contributed by atoms with Crippen LogP contribution < -0.4 is 9.80 Å². The van der Waals surface area contributed by atoms with Crippen molar-refractivity contribution >= 4 is 17.7 Å². The van der Waals surface area contributed by atoms with Gasteiger partial charge in [0, 0.05) is 56.5 Å². The molecule has 4 nitrogen and oxygen atoms in total. The predicted octanol–water partition coefficient (Wildman–Crippen LogP) is 3.87. The van der Waals surface area contributed by atoms with Crippen LogP contribution in [0.15, 0.2) is 42.5 Å². The lowest BCUT2D eigenvalue weighted by atomic mass is 9.89. The van der Waals surface area contributed by atoms with Gasteiger partial charge in [-0.25, -0.2) is 0 Å². The van der Waals surface area contributed by atoms with Gasteiger partial charge in [0.25, 0.3) is 0 Å². The second-order valence-electron chi connectivity index (χ2n) is 7.31. The predicted molar refractivity (Wildman–Crippen MR) is 112 cm³/mol. The van der Waals surface area contributed by atoms with E-state index in [2.05, 4.69) is 73.3 Å². The van der Waals surface area contributed by atoms with E-state index >= 15 is 0 Å². The maximum atomic E-state index is 11.7. The molecule has 0 radical (unpaired) electrons. The minimum Gasteiger partial charge on any atom is -0.378 e. The highest BCUT2D eigenvalue weighted by Crippen LogP contribution is 2.38. The maximum absolute atomic E-state index is 11.7. The molecule has 0 N–H and O–H groups in total. The fourth-order valence-electron chi connectivity index (χ4n) is 3.94. The Morgan fingerprint density at radius 1 is 1.11 bits per heavy atom. The van der Waals surface area contributed by atoms with Crippen molar-refractivity contribution in [1.82, 2.24) is 0 Å². The van der Waals surface area contributed by atoms with E-state index in [-0.39, 0.29) is 5.92 Å². The van der Waals surface area contributed by atoms with E-state index in [1.807, 2.05) is 0 Å². The van der Waals surface area contributed by atoms with E-state index < -0.39 is 0 Å². The summed E-state index contributed by atoms with van der Waals surface area (Å²) in [5, 5.41) is 0. The van der Waals surface area contributed by atoms with Gasteiger partial charge in [0.05, 0.1) is 13.2 Å². The third-order valence-corrected chi connectivity index (χ3v) is 5.32. The van der Waals surface area contributed by atoms with E-state index in [0.29, 0.717) is 0 Å². The minimum absolute atomic E-state index is 0.0735. The molecule has 4 heteroatoms. The van der Waals surface area contributed by atoms with Crippen LogP contribution >= 0.6 is 0 Å². The molecule has 27 heavy (non-hydrogen) atoms. The highest BCUT2D eigenvalue weighted by molar-refractivity contribution is 5.77. The molecular weight excluding hydrogens is 336 g/mol. The number of nitrogens with zero attached hydrogens (tertiary/aromatic N) is 2. The number of rotatable bonds is 7. The second-order valence-corrected chi connectivity index (χ2v) is 7.31. The van der Waals surface area contributed by atoms with Crippen molar-refractivity contribution < 1.29 is 9.53 Å². The first-order chi connectivity index (χ1) is 13.2. The highest BCUT2D eigenvalue weighted by Gasteiger charge is 2.23. The molecule has 0 amide bonds. The lowest BCUT2D eigenvalue weighted by Gasteiger charge is -2.34. The number of morpholine rings is 1. The first kappa shape index (κ1) is 19.4. The Balaban J connectivity index is 2.15. The van der Waals surface area contributed by atoms with Gasteiger partial charge in [0.2, 0.25) is 0 Å². The van der Waals surface area contributed by atoms with Crippen LogP contribution in [0.1, 0.15) is 36.0 Å². The minimum atomic E-state index is -0.0735. The van der Waals surface area contributed by atoms with Crippen LogP contribution in [0.3, 0.4) is 0 Å². The first-order valence-electron chi connectivity index (χ1n) is 9.80. The van der Waals surface area contributed by atoms with Gasteiger partial charge in [-0.3, -0.25) is 0 Å². The van der Waals surface area contributed by atoms with Crippen molar-refractivity contribution in [2.75, 3.05) is 50.2 Å². The summed E-state index contributed by atoms with van der Waals surface area (Å²) in [7, 11) is 4.15. The van der Waals surface area contributed by atoms with Crippen LogP contribution in [-0.2, 0) is 16.0 Å². The maximum Gasteiger partial charge on any atom is 0.127 e. The molecule has 1 heterocycles. The molecule has 1 fully saturated rings. The Hall–Kier alpha value is -2.33. The summed E-state index contributed by atoms with van der Waals surface area (Å²) in [4.78, 5) is 16.3. The van der Waals surface area contributed by atoms with Crippen LogP contribution in [-0.4, -0.2) is 46.7 Å². The number of ether oxygens (including phenoxy) is 1. The van der Waals surface area contributed by atoms with Gasteiger partial charge >= 0.3 is 0 Å². The Bertz CT molecular complexity index is 752. The summed E-state index contributed by atoms with van der Waals surface area (Å²) in [5.74, 6) is -0.0735. The fourth-order valence-corrected chi connectivity index (χ4v) is 3.94.